The Bertz CT molecular complexity index is 1080. The van der Waals surface area contributed by atoms with Crippen molar-refractivity contribution in [3.63, 3.8) is 0 Å². The van der Waals surface area contributed by atoms with Gasteiger partial charge in [-0.2, -0.15) is 5.26 Å². The summed E-state index contributed by atoms with van der Waals surface area (Å²) in [6.45, 7) is 1.63. The Hall–Kier alpha value is -3.64. The number of thioether (sulfide) groups is 1. The molecule has 2 aromatic rings. The highest BCUT2D eigenvalue weighted by Gasteiger charge is 2.46. The normalized spacial score (nSPS) is 18.1. The molecule has 0 aromatic heterocycles. The first kappa shape index (κ1) is 22.1. The second-order valence-electron chi connectivity index (χ2n) is 6.64. The SMILES string of the molecule is CCOC(=O)[C@@H]1C(=O)NC(SCc2ccccc2)=C(C#N)[C@@H]1c1ccccc1[N+](=O)[O-]. The summed E-state index contributed by atoms with van der Waals surface area (Å²) in [6.07, 6.45) is 0. The number of amides is 1. The van der Waals surface area contributed by atoms with Gasteiger partial charge in [0.05, 0.1) is 34.1 Å². The molecule has 2 aromatic carbocycles. The molecule has 0 bridgehead atoms. The zero-order valence-corrected chi connectivity index (χ0v) is 17.4. The van der Waals surface area contributed by atoms with Crippen molar-refractivity contribution in [1.29, 1.82) is 5.26 Å². The lowest BCUT2D eigenvalue weighted by atomic mass is 9.78. The number of nitrogens with zero attached hydrogens (tertiary/aromatic N) is 2. The highest BCUT2D eigenvalue weighted by molar-refractivity contribution is 8.02. The number of nitriles is 1. The van der Waals surface area contributed by atoms with Gasteiger partial charge in [0.2, 0.25) is 5.91 Å². The topological polar surface area (TPSA) is 122 Å². The number of carbonyl (C=O) groups is 2. The molecule has 0 aliphatic carbocycles. The molecular weight excluding hydrogens is 418 g/mol. The average molecular weight is 437 g/mol. The van der Waals surface area contributed by atoms with Gasteiger partial charge in [-0.25, -0.2) is 0 Å². The van der Waals surface area contributed by atoms with Gasteiger partial charge >= 0.3 is 5.97 Å². The zero-order chi connectivity index (χ0) is 22.4. The number of nitro benzene ring substituents is 1. The number of allylic oxidation sites excluding steroid dienone is 1. The monoisotopic (exact) mass is 437 g/mol. The Labute approximate surface area is 183 Å². The first-order valence-electron chi connectivity index (χ1n) is 9.49. The third-order valence-corrected chi connectivity index (χ3v) is 5.85. The summed E-state index contributed by atoms with van der Waals surface area (Å²) < 4.78 is 5.05. The lowest BCUT2D eigenvalue weighted by Gasteiger charge is -2.30. The van der Waals surface area contributed by atoms with Crippen LogP contribution in [0.2, 0.25) is 0 Å². The number of hydrogen-bond acceptors (Lipinski definition) is 7. The summed E-state index contributed by atoms with van der Waals surface area (Å²) in [5.41, 5.74) is 0.917. The molecule has 1 heterocycles. The quantitative estimate of drug-likeness (QED) is 0.303. The molecule has 1 aliphatic rings. The molecule has 0 saturated carbocycles. The molecular formula is C22H19N3O5S. The first-order valence-corrected chi connectivity index (χ1v) is 10.5. The third-order valence-electron chi connectivity index (χ3n) is 4.76. The van der Waals surface area contributed by atoms with Crippen molar-refractivity contribution in [2.24, 2.45) is 5.92 Å². The number of nitrogens with one attached hydrogen (secondary N) is 1. The van der Waals surface area contributed by atoms with Crippen LogP contribution in [0.1, 0.15) is 24.0 Å². The lowest BCUT2D eigenvalue weighted by molar-refractivity contribution is -0.385. The van der Waals surface area contributed by atoms with E-state index in [0.717, 1.165) is 5.56 Å². The van der Waals surface area contributed by atoms with Gasteiger partial charge in [0, 0.05) is 17.4 Å². The summed E-state index contributed by atoms with van der Waals surface area (Å²) in [6, 6.07) is 17.3. The van der Waals surface area contributed by atoms with E-state index >= 15 is 0 Å². The van der Waals surface area contributed by atoms with Crippen LogP contribution in [-0.2, 0) is 20.1 Å². The zero-order valence-electron chi connectivity index (χ0n) is 16.6. The van der Waals surface area contributed by atoms with Crippen LogP contribution < -0.4 is 5.32 Å². The minimum atomic E-state index is -1.41. The minimum Gasteiger partial charge on any atom is -0.465 e. The Morgan fingerprint density at radius 1 is 1.23 bits per heavy atom. The molecule has 2 atom stereocenters. The van der Waals surface area contributed by atoms with Gasteiger partial charge in [0.15, 0.2) is 0 Å². The van der Waals surface area contributed by atoms with Crippen LogP contribution in [0.5, 0.6) is 0 Å². The summed E-state index contributed by atoms with van der Waals surface area (Å²) in [4.78, 5) is 36.6. The van der Waals surface area contributed by atoms with Gasteiger partial charge in [0.1, 0.15) is 5.92 Å². The molecule has 8 nitrogen and oxygen atoms in total. The van der Waals surface area contributed by atoms with Crippen LogP contribution in [-0.4, -0.2) is 23.4 Å². The second-order valence-corrected chi connectivity index (χ2v) is 7.63. The van der Waals surface area contributed by atoms with Crippen LogP contribution in [0.3, 0.4) is 0 Å². The maximum Gasteiger partial charge on any atom is 0.319 e. The smallest absolute Gasteiger partial charge is 0.319 e. The third kappa shape index (κ3) is 4.75. The van der Waals surface area contributed by atoms with Crippen LogP contribution in [0, 0.1) is 27.4 Å². The summed E-state index contributed by atoms with van der Waals surface area (Å²) >= 11 is 1.23. The van der Waals surface area contributed by atoms with Crippen LogP contribution in [0.4, 0.5) is 5.69 Å². The molecule has 0 radical (unpaired) electrons. The number of benzene rings is 2. The minimum absolute atomic E-state index is 0.0352. The van der Waals surface area contributed by atoms with Gasteiger partial charge in [-0.15, -0.1) is 11.8 Å². The summed E-state index contributed by atoms with van der Waals surface area (Å²) in [5, 5.41) is 24.5. The fraction of sp³-hybridized carbons (Fsp3) is 0.227. The largest absolute Gasteiger partial charge is 0.465 e. The molecule has 0 saturated heterocycles. The number of carbonyl (C=O) groups excluding carboxylic acids is 2. The molecule has 158 valence electrons. The van der Waals surface area contributed by atoms with E-state index in [2.05, 4.69) is 11.4 Å². The molecule has 3 rings (SSSR count). The second kappa shape index (κ2) is 9.91. The number of hydrogen-bond donors (Lipinski definition) is 1. The van der Waals surface area contributed by atoms with E-state index < -0.39 is 28.6 Å². The van der Waals surface area contributed by atoms with Crippen LogP contribution in [0.25, 0.3) is 0 Å². The van der Waals surface area contributed by atoms with Crippen molar-refractivity contribution < 1.29 is 19.2 Å². The van der Waals surface area contributed by atoms with E-state index in [1.165, 1.54) is 30.0 Å². The van der Waals surface area contributed by atoms with Crippen molar-refractivity contribution >= 4 is 29.3 Å². The number of rotatable bonds is 7. The van der Waals surface area contributed by atoms with E-state index in [1.807, 2.05) is 30.3 Å². The summed E-state index contributed by atoms with van der Waals surface area (Å²) in [5.74, 6) is -3.55. The van der Waals surface area contributed by atoms with Crippen molar-refractivity contribution in [2.45, 2.75) is 18.6 Å². The van der Waals surface area contributed by atoms with Crippen molar-refractivity contribution in [3.8, 4) is 6.07 Å². The Kier molecular flexibility index (Phi) is 7.05. The number of nitro groups is 1. The van der Waals surface area contributed by atoms with Gasteiger partial charge in [-0.3, -0.25) is 19.7 Å². The molecule has 31 heavy (non-hydrogen) atoms. The predicted molar refractivity (Wildman–Crippen MR) is 114 cm³/mol. The molecule has 0 unspecified atom stereocenters. The molecule has 9 heteroatoms. The Morgan fingerprint density at radius 2 is 1.90 bits per heavy atom. The maximum absolute atomic E-state index is 12.9. The molecule has 1 amide bonds. The van der Waals surface area contributed by atoms with Crippen molar-refractivity contribution in [1.82, 2.24) is 5.32 Å². The van der Waals surface area contributed by atoms with Crippen LogP contribution >= 0.6 is 11.8 Å². The predicted octanol–water partition coefficient (Wildman–Crippen LogP) is 3.66. The van der Waals surface area contributed by atoms with Crippen molar-refractivity contribution in [2.75, 3.05) is 6.61 Å². The average Bonchev–Trinajstić information content (AvgIpc) is 2.77. The van der Waals surface area contributed by atoms with E-state index in [0.29, 0.717) is 5.75 Å². The van der Waals surface area contributed by atoms with Gasteiger partial charge in [0.25, 0.3) is 5.69 Å². The fourth-order valence-corrected chi connectivity index (χ4v) is 4.41. The fourth-order valence-electron chi connectivity index (χ4n) is 3.41. The highest BCUT2D eigenvalue weighted by atomic mass is 32.2. The van der Waals surface area contributed by atoms with Gasteiger partial charge in [-0.1, -0.05) is 48.5 Å². The number of esters is 1. The Morgan fingerprint density at radius 3 is 2.55 bits per heavy atom. The highest BCUT2D eigenvalue weighted by Crippen LogP contribution is 2.43. The van der Waals surface area contributed by atoms with Gasteiger partial charge < -0.3 is 10.1 Å². The molecule has 0 spiro atoms. The number of ether oxygens (including phenoxy) is 1. The molecule has 1 N–H and O–H groups in total. The summed E-state index contributed by atoms with van der Waals surface area (Å²) in [7, 11) is 0. The van der Waals surface area contributed by atoms with E-state index in [4.69, 9.17) is 4.74 Å². The first-order chi connectivity index (χ1) is 15.0. The Balaban J connectivity index is 2.11. The standard InChI is InChI=1S/C22H19N3O5S/c1-2-30-22(27)19-18(15-10-6-7-11-17(15)25(28)29)16(12-23)21(24-20(19)26)31-13-14-8-4-3-5-9-14/h3-11,18-19H,2,13H2,1H3,(H,24,26)/t18-,19-/m0/s1. The van der Waals surface area contributed by atoms with E-state index in [-0.39, 0.29) is 28.5 Å². The molecule has 0 fully saturated rings. The van der Waals surface area contributed by atoms with E-state index in [1.54, 1.807) is 13.0 Å². The lowest BCUT2D eigenvalue weighted by Crippen LogP contribution is -2.44. The van der Waals surface area contributed by atoms with Crippen LogP contribution in [0.15, 0.2) is 65.2 Å². The molecule has 1 aliphatic heterocycles. The maximum atomic E-state index is 12.9. The number of para-hydroxylation sites is 1. The van der Waals surface area contributed by atoms with E-state index in [9.17, 15) is 25.0 Å². The van der Waals surface area contributed by atoms with Crippen molar-refractivity contribution in [3.05, 3.63) is 86.4 Å². The van der Waals surface area contributed by atoms with Gasteiger partial charge in [-0.05, 0) is 12.5 Å².